The second-order valence-corrected chi connectivity index (χ2v) is 7.31. The highest BCUT2D eigenvalue weighted by atomic mass is 19.1. The molecule has 0 spiro atoms. The van der Waals surface area contributed by atoms with Gasteiger partial charge in [-0.25, -0.2) is 4.39 Å². The molecule has 26 heavy (non-hydrogen) atoms. The van der Waals surface area contributed by atoms with Gasteiger partial charge in [-0.05, 0) is 38.7 Å². The normalized spacial score (nSPS) is 33.7. The van der Waals surface area contributed by atoms with Crippen molar-refractivity contribution >= 4 is 0 Å². The van der Waals surface area contributed by atoms with Crippen LogP contribution >= 0.6 is 0 Å². The summed E-state index contributed by atoms with van der Waals surface area (Å²) in [5.74, 6) is 0.699. The van der Waals surface area contributed by atoms with E-state index >= 15 is 0 Å². The van der Waals surface area contributed by atoms with Crippen LogP contribution in [0, 0.1) is 5.92 Å². The number of halogens is 1. The first-order valence-corrected chi connectivity index (χ1v) is 9.43. The predicted octanol–water partition coefficient (Wildman–Crippen LogP) is 0.0467. The predicted molar refractivity (Wildman–Crippen MR) is 99.9 cm³/mol. The number of rotatable bonds is 6. The lowest BCUT2D eigenvalue weighted by molar-refractivity contribution is 0.114. The first-order valence-electron chi connectivity index (χ1n) is 9.43. The van der Waals surface area contributed by atoms with E-state index in [2.05, 4.69) is 33.5 Å². The summed E-state index contributed by atoms with van der Waals surface area (Å²) in [4.78, 5) is 0. The number of aliphatic hydroxyl groups excluding tert-OH is 1. The van der Waals surface area contributed by atoms with E-state index in [1.165, 1.54) is 5.57 Å². The Morgan fingerprint density at radius 1 is 1.35 bits per heavy atom. The van der Waals surface area contributed by atoms with Gasteiger partial charge in [-0.15, -0.1) is 0 Å². The molecule has 0 bridgehead atoms. The van der Waals surface area contributed by atoms with E-state index in [4.69, 9.17) is 5.73 Å². The lowest BCUT2D eigenvalue weighted by Gasteiger charge is -2.37. The van der Waals surface area contributed by atoms with Crippen molar-refractivity contribution < 1.29 is 9.50 Å². The quantitative estimate of drug-likeness (QED) is 0.263. The van der Waals surface area contributed by atoms with Gasteiger partial charge < -0.3 is 32.1 Å². The number of nitrogens with two attached hydrogens (primary N) is 1. The molecule has 0 amide bonds. The molecule has 0 saturated heterocycles. The molecule has 7 nitrogen and oxygen atoms in total. The Morgan fingerprint density at radius 3 is 2.85 bits per heavy atom. The highest BCUT2D eigenvalue weighted by molar-refractivity contribution is 5.18. The van der Waals surface area contributed by atoms with E-state index in [-0.39, 0.29) is 24.3 Å². The summed E-state index contributed by atoms with van der Waals surface area (Å²) in [5.41, 5.74) is 6.98. The lowest BCUT2D eigenvalue weighted by atomic mass is 9.93. The van der Waals surface area contributed by atoms with Gasteiger partial charge in [0.25, 0.3) is 0 Å². The Morgan fingerprint density at radius 2 is 2.19 bits per heavy atom. The van der Waals surface area contributed by atoms with E-state index in [0.717, 1.165) is 18.8 Å². The molecule has 0 radical (unpaired) electrons. The Bertz CT molecular complexity index is 564. The molecule has 3 aliphatic rings. The summed E-state index contributed by atoms with van der Waals surface area (Å²) in [6, 6.07) is 0.105. The zero-order chi connectivity index (χ0) is 18.5. The first kappa shape index (κ1) is 19.0. The van der Waals surface area contributed by atoms with E-state index in [1.54, 1.807) is 0 Å². The Labute approximate surface area is 154 Å². The topological polar surface area (TPSA) is 106 Å². The molecule has 0 saturated carbocycles. The van der Waals surface area contributed by atoms with Crippen molar-refractivity contribution in [3.05, 3.63) is 35.9 Å². The maximum atomic E-state index is 13.3. The highest BCUT2D eigenvalue weighted by Gasteiger charge is 2.28. The minimum absolute atomic E-state index is 0.0285. The van der Waals surface area contributed by atoms with Crippen LogP contribution in [0.5, 0.6) is 0 Å². The molecule has 2 aliphatic heterocycles. The van der Waals surface area contributed by atoms with Crippen LogP contribution in [0.2, 0.25) is 0 Å². The number of alkyl halides is 1. The van der Waals surface area contributed by atoms with Crippen LogP contribution in [-0.2, 0) is 0 Å². The molecule has 146 valence electrons. The van der Waals surface area contributed by atoms with Gasteiger partial charge in [-0.1, -0.05) is 11.6 Å². The van der Waals surface area contributed by atoms with Gasteiger partial charge in [0.15, 0.2) is 0 Å². The Balaban J connectivity index is 1.61. The third-order valence-corrected chi connectivity index (χ3v) is 5.19. The minimum Gasteiger partial charge on any atom is -0.386 e. The molecule has 0 fully saturated rings. The average Bonchev–Trinajstić information content (AvgIpc) is 2.63. The van der Waals surface area contributed by atoms with Crippen molar-refractivity contribution in [1.82, 2.24) is 26.6 Å². The Kier molecular flexibility index (Phi) is 6.39. The molecule has 0 aromatic rings. The summed E-state index contributed by atoms with van der Waals surface area (Å²) < 4.78 is 13.3. The number of nitrogens with one attached hydrogen (secondary N) is 5. The van der Waals surface area contributed by atoms with Crippen molar-refractivity contribution in [2.45, 2.75) is 63.4 Å². The van der Waals surface area contributed by atoms with Gasteiger partial charge in [-0.3, -0.25) is 5.32 Å². The molecule has 6 atom stereocenters. The molecule has 8 N–H and O–H groups in total. The van der Waals surface area contributed by atoms with E-state index in [0.29, 0.717) is 19.3 Å². The van der Waals surface area contributed by atoms with Crippen molar-refractivity contribution in [1.29, 1.82) is 0 Å². The number of hydrogen-bond donors (Lipinski definition) is 7. The maximum absolute atomic E-state index is 13.3. The first-order chi connectivity index (χ1) is 12.5. The van der Waals surface area contributed by atoms with Crippen molar-refractivity contribution in [3.8, 4) is 0 Å². The number of hydrogen-bond acceptors (Lipinski definition) is 7. The average molecular weight is 366 g/mol. The molecule has 3 rings (SSSR count). The molecule has 1 aliphatic carbocycles. The SMILES string of the molecule is C[C@H](NC1=CC(C(N)O)CC(NC2CNC=CN2)N1)C1=CC[C@@H](F)CC1. The summed E-state index contributed by atoms with van der Waals surface area (Å²) in [6.45, 7) is 2.85. The molecular weight excluding hydrogens is 335 g/mol. The molecule has 8 heteroatoms. The van der Waals surface area contributed by atoms with Gasteiger partial charge in [-0.2, -0.15) is 0 Å². The van der Waals surface area contributed by atoms with Crippen LogP contribution < -0.4 is 32.3 Å². The van der Waals surface area contributed by atoms with E-state index in [9.17, 15) is 9.50 Å². The highest BCUT2D eigenvalue weighted by Crippen LogP contribution is 2.24. The van der Waals surface area contributed by atoms with Crippen LogP contribution in [-0.4, -0.2) is 42.4 Å². The summed E-state index contributed by atoms with van der Waals surface area (Å²) in [5, 5.41) is 26.7. The monoisotopic (exact) mass is 366 g/mol. The summed E-state index contributed by atoms with van der Waals surface area (Å²) in [7, 11) is 0. The van der Waals surface area contributed by atoms with E-state index < -0.39 is 12.4 Å². The van der Waals surface area contributed by atoms with Crippen molar-refractivity contribution in [2.24, 2.45) is 11.7 Å². The van der Waals surface area contributed by atoms with E-state index in [1.807, 2.05) is 24.6 Å². The van der Waals surface area contributed by atoms with Crippen LogP contribution in [0.15, 0.2) is 35.9 Å². The summed E-state index contributed by atoms with van der Waals surface area (Å²) >= 11 is 0. The molecule has 2 heterocycles. The second-order valence-electron chi connectivity index (χ2n) is 7.31. The fourth-order valence-electron chi connectivity index (χ4n) is 3.65. The van der Waals surface area contributed by atoms with Crippen molar-refractivity contribution in [3.63, 3.8) is 0 Å². The molecule has 0 aromatic heterocycles. The van der Waals surface area contributed by atoms with Crippen molar-refractivity contribution in [2.75, 3.05) is 6.54 Å². The zero-order valence-corrected chi connectivity index (χ0v) is 15.2. The van der Waals surface area contributed by atoms with Gasteiger partial charge in [0.2, 0.25) is 0 Å². The fourth-order valence-corrected chi connectivity index (χ4v) is 3.65. The third kappa shape index (κ3) is 5.12. The number of aliphatic hydroxyl groups is 1. The Hall–Kier alpha value is -1.77. The van der Waals surface area contributed by atoms with Gasteiger partial charge in [0, 0.05) is 30.9 Å². The van der Waals surface area contributed by atoms with Gasteiger partial charge >= 0.3 is 0 Å². The second kappa shape index (κ2) is 8.75. The third-order valence-electron chi connectivity index (χ3n) is 5.19. The van der Waals surface area contributed by atoms with Crippen LogP contribution in [0.1, 0.15) is 32.6 Å². The minimum atomic E-state index is -0.910. The standard InChI is InChI=1S/C18H31FN6O/c1-11(12-2-4-14(19)5-3-12)23-15-8-13(18(20)26)9-16(24-15)25-17-10-21-6-7-22-17/h2,6-8,11,13-14,16-18,21-26H,3-5,9-10,20H2,1H3/t11-,13?,14+,16?,17?,18?/m0/s1. The number of allylic oxidation sites excluding steroid dienone is 1. The summed E-state index contributed by atoms with van der Waals surface area (Å²) in [6.07, 6.45) is 8.67. The molecule has 4 unspecified atom stereocenters. The fraction of sp³-hybridized carbons (Fsp3) is 0.667. The van der Waals surface area contributed by atoms with Crippen LogP contribution in [0.4, 0.5) is 4.39 Å². The van der Waals surface area contributed by atoms with Crippen LogP contribution in [0.25, 0.3) is 0 Å². The van der Waals surface area contributed by atoms with Crippen LogP contribution in [0.3, 0.4) is 0 Å². The smallest absolute Gasteiger partial charge is 0.109 e. The molecular formula is C18H31FN6O. The zero-order valence-electron chi connectivity index (χ0n) is 15.2. The molecule has 0 aromatic carbocycles. The lowest BCUT2D eigenvalue weighted by Crippen LogP contribution is -2.59. The van der Waals surface area contributed by atoms with Gasteiger partial charge in [0.05, 0.1) is 18.2 Å². The largest absolute Gasteiger partial charge is 0.386 e. The maximum Gasteiger partial charge on any atom is 0.109 e. The van der Waals surface area contributed by atoms with Gasteiger partial charge in [0.1, 0.15) is 12.4 Å².